The van der Waals surface area contributed by atoms with Crippen molar-refractivity contribution >= 4 is 9.84 Å². The van der Waals surface area contributed by atoms with Crippen LogP contribution < -0.4 is 5.32 Å². The number of hydrogen-bond donors (Lipinski definition) is 1. The highest BCUT2D eigenvalue weighted by Crippen LogP contribution is 2.29. The lowest BCUT2D eigenvalue weighted by Crippen LogP contribution is -2.47. The van der Waals surface area contributed by atoms with Crippen LogP contribution in [0.2, 0.25) is 0 Å². The molecule has 106 valence electrons. The highest BCUT2D eigenvalue weighted by Gasteiger charge is 2.36. The van der Waals surface area contributed by atoms with E-state index in [-0.39, 0.29) is 11.3 Å². The van der Waals surface area contributed by atoms with Gasteiger partial charge in [0.2, 0.25) is 0 Å². The Labute approximate surface area is 112 Å². The molecule has 1 N–H and O–H groups in total. The maximum atomic E-state index is 11.8. The third-order valence-electron chi connectivity index (χ3n) is 4.79. The van der Waals surface area contributed by atoms with E-state index in [4.69, 9.17) is 0 Å². The van der Waals surface area contributed by atoms with Crippen LogP contribution in [0, 0.1) is 5.92 Å². The summed E-state index contributed by atoms with van der Waals surface area (Å²) in [6.45, 7) is 2.31. The van der Waals surface area contributed by atoms with Gasteiger partial charge < -0.3 is 5.32 Å². The zero-order valence-electron chi connectivity index (χ0n) is 11.7. The summed E-state index contributed by atoms with van der Waals surface area (Å²) in [5.74, 6) is 0.688. The summed E-state index contributed by atoms with van der Waals surface area (Å²) in [5.41, 5.74) is 0. The topological polar surface area (TPSA) is 46.2 Å². The molecule has 0 bridgehead atoms. The molecule has 0 aromatic carbocycles. The van der Waals surface area contributed by atoms with E-state index in [1.54, 1.807) is 0 Å². The molecule has 0 saturated heterocycles. The molecule has 18 heavy (non-hydrogen) atoms. The zero-order chi connectivity index (χ0) is 13.2. The maximum absolute atomic E-state index is 11.8. The van der Waals surface area contributed by atoms with Crippen molar-refractivity contribution in [3.8, 4) is 0 Å². The molecule has 4 unspecified atom stereocenters. The van der Waals surface area contributed by atoms with E-state index >= 15 is 0 Å². The first-order chi connectivity index (χ1) is 8.48. The minimum absolute atomic E-state index is 0.145. The lowest BCUT2D eigenvalue weighted by atomic mass is 9.96. The van der Waals surface area contributed by atoms with Gasteiger partial charge >= 0.3 is 0 Å². The predicted molar refractivity (Wildman–Crippen MR) is 75.4 cm³/mol. The van der Waals surface area contributed by atoms with Gasteiger partial charge in [-0.05, 0) is 31.6 Å². The van der Waals surface area contributed by atoms with Crippen LogP contribution in [0.4, 0.5) is 0 Å². The summed E-state index contributed by atoms with van der Waals surface area (Å²) in [6, 6.07) is 0.727. The van der Waals surface area contributed by atoms with Crippen LogP contribution in [0.5, 0.6) is 0 Å². The van der Waals surface area contributed by atoms with Gasteiger partial charge in [0.1, 0.15) is 0 Å². The molecule has 4 heteroatoms. The third kappa shape index (κ3) is 3.47. The van der Waals surface area contributed by atoms with Gasteiger partial charge in [-0.25, -0.2) is 8.42 Å². The first kappa shape index (κ1) is 14.3. The van der Waals surface area contributed by atoms with E-state index in [1.807, 2.05) is 0 Å². The highest BCUT2D eigenvalue weighted by molar-refractivity contribution is 7.91. The van der Waals surface area contributed by atoms with Gasteiger partial charge in [0.25, 0.3) is 0 Å². The standard InChI is InChI=1S/C14H27NO2S/c1-11-7-4-3-5-8-12(11)15-13-9-6-10-14(13)18(2,16)17/h11-15H,3-10H2,1-2H3. The second-order valence-corrected chi connectivity index (χ2v) is 8.56. The lowest BCUT2D eigenvalue weighted by molar-refractivity contribution is 0.321. The van der Waals surface area contributed by atoms with Gasteiger partial charge in [0.05, 0.1) is 5.25 Å². The fourth-order valence-corrected chi connectivity index (χ4v) is 5.05. The van der Waals surface area contributed by atoms with E-state index in [1.165, 1.54) is 38.4 Å². The molecule has 2 saturated carbocycles. The van der Waals surface area contributed by atoms with Gasteiger partial charge in [-0.15, -0.1) is 0 Å². The molecule has 0 aromatic heterocycles. The average molecular weight is 273 g/mol. The number of hydrogen-bond acceptors (Lipinski definition) is 3. The summed E-state index contributed by atoms with van der Waals surface area (Å²) < 4.78 is 23.6. The summed E-state index contributed by atoms with van der Waals surface area (Å²) >= 11 is 0. The second kappa shape index (κ2) is 5.91. The fourth-order valence-electron chi connectivity index (χ4n) is 3.64. The quantitative estimate of drug-likeness (QED) is 0.804. The number of sulfone groups is 1. The summed E-state index contributed by atoms with van der Waals surface area (Å²) in [7, 11) is -2.89. The van der Waals surface area contributed by atoms with Crippen molar-refractivity contribution < 1.29 is 8.42 Å². The van der Waals surface area contributed by atoms with Crippen molar-refractivity contribution in [3.05, 3.63) is 0 Å². The molecular weight excluding hydrogens is 246 g/mol. The fraction of sp³-hybridized carbons (Fsp3) is 1.00. The largest absolute Gasteiger partial charge is 0.310 e. The molecule has 0 radical (unpaired) electrons. The van der Waals surface area contributed by atoms with Gasteiger partial charge in [0.15, 0.2) is 9.84 Å². The molecule has 0 aromatic rings. The lowest BCUT2D eigenvalue weighted by Gasteiger charge is -2.29. The van der Waals surface area contributed by atoms with Gasteiger partial charge in [-0.1, -0.05) is 32.6 Å². The van der Waals surface area contributed by atoms with E-state index in [0.29, 0.717) is 12.0 Å². The molecule has 0 aliphatic heterocycles. The average Bonchev–Trinajstić information content (AvgIpc) is 2.65. The summed E-state index contributed by atoms with van der Waals surface area (Å²) in [5, 5.41) is 3.54. The van der Waals surface area contributed by atoms with Crippen LogP contribution >= 0.6 is 0 Å². The van der Waals surface area contributed by atoms with Crippen molar-refractivity contribution in [1.82, 2.24) is 5.32 Å². The Kier molecular flexibility index (Phi) is 4.70. The SMILES string of the molecule is CC1CCCCCC1NC1CCCC1S(C)(=O)=O. The minimum atomic E-state index is -2.89. The predicted octanol–water partition coefficient (Wildman–Crippen LogP) is 2.51. The van der Waals surface area contributed by atoms with Crippen molar-refractivity contribution in [1.29, 1.82) is 0 Å². The van der Waals surface area contributed by atoms with Crippen LogP contribution in [-0.2, 0) is 9.84 Å². The third-order valence-corrected chi connectivity index (χ3v) is 6.46. The van der Waals surface area contributed by atoms with Crippen LogP contribution in [0.1, 0.15) is 58.3 Å². The van der Waals surface area contributed by atoms with Crippen LogP contribution in [0.25, 0.3) is 0 Å². The smallest absolute Gasteiger partial charge is 0.151 e. The monoisotopic (exact) mass is 273 g/mol. The van der Waals surface area contributed by atoms with Crippen LogP contribution in [0.3, 0.4) is 0 Å². The molecule has 0 spiro atoms. The Hall–Kier alpha value is -0.0900. The van der Waals surface area contributed by atoms with E-state index < -0.39 is 9.84 Å². The number of rotatable bonds is 3. The molecule has 2 rings (SSSR count). The minimum Gasteiger partial charge on any atom is -0.310 e. The first-order valence-corrected chi connectivity index (χ1v) is 9.39. The summed E-state index contributed by atoms with van der Waals surface area (Å²) in [6.07, 6.45) is 10.8. The van der Waals surface area contributed by atoms with E-state index in [2.05, 4.69) is 12.2 Å². The normalized spacial score (nSPS) is 38.6. The second-order valence-electron chi connectivity index (χ2n) is 6.29. The van der Waals surface area contributed by atoms with Crippen molar-refractivity contribution in [2.45, 2.75) is 75.6 Å². The molecule has 3 nitrogen and oxygen atoms in total. The van der Waals surface area contributed by atoms with Crippen molar-refractivity contribution in [2.24, 2.45) is 5.92 Å². The molecule has 2 aliphatic carbocycles. The Morgan fingerprint density at radius 1 is 0.889 bits per heavy atom. The van der Waals surface area contributed by atoms with E-state index in [9.17, 15) is 8.42 Å². The molecule has 2 aliphatic rings. The van der Waals surface area contributed by atoms with Gasteiger partial charge in [-0.2, -0.15) is 0 Å². The van der Waals surface area contributed by atoms with Crippen molar-refractivity contribution in [3.63, 3.8) is 0 Å². The van der Waals surface area contributed by atoms with Crippen molar-refractivity contribution in [2.75, 3.05) is 6.26 Å². The molecular formula is C14H27NO2S. The molecule has 4 atom stereocenters. The van der Waals surface area contributed by atoms with E-state index in [0.717, 1.165) is 19.3 Å². The summed E-state index contributed by atoms with van der Waals surface area (Å²) in [4.78, 5) is 0. The number of nitrogens with one attached hydrogen (secondary N) is 1. The Morgan fingerprint density at radius 3 is 2.28 bits per heavy atom. The van der Waals surface area contributed by atoms with Gasteiger partial charge in [-0.3, -0.25) is 0 Å². The Bertz CT molecular complexity index is 366. The Morgan fingerprint density at radius 2 is 1.56 bits per heavy atom. The zero-order valence-corrected chi connectivity index (χ0v) is 12.5. The molecule has 0 heterocycles. The first-order valence-electron chi connectivity index (χ1n) is 7.43. The highest BCUT2D eigenvalue weighted by atomic mass is 32.2. The van der Waals surface area contributed by atoms with Crippen LogP contribution in [-0.4, -0.2) is 32.0 Å². The van der Waals surface area contributed by atoms with Crippen LogP contribution in [0.15, 0.2) is 0 Å². The Balaban J connectivity index is 1.99. The van der Waals surface area contributed by atoms with Gasteiger partial charge in [0, 0.05) is 18.3 Å². The molecule has 2 fully saturated rings. The molecule has 0 amide bonds. The maximum Gasteiger partial charge on any atom is 0.151 e.